The van der Waals surface area contributed by atoms with Gasteiger partial charge in [-0.25, -0.2) is 4.39 Å². The van der Waals surface area contributed by atoms with Crippen LogP contribution < -0.4 is 4.90 Å². The number of carbonyl (C=O) groups excluding carboxylic acids is 2. The van der Waals surface area contributed by atoms with Crippen LogP contribution in [0.4, 0.5) is 10.1 Å². The number of benzene rings is 1. The lowest BCUT2D eigenvalue weighted by molar-refractivity contribution is -0.139. The second-order valence-electron chi connectivity index (χ2n) is 8.04. The van der Waals surface area contributed by atoms with E-state index in [9.17, 15) is 14.0 Å². The zero-order chi connectivity index (χ0) is 21.0. The van der Waals surface area contributed by atoms with Crippen molar-refractivity contribution >= 4 is 17.5 Å². The monoisotopic (exact) mass is 412 g/mol. The first-order valence-electron chi connectivity index (χ1n) is 9.86. The molecule has 0 N–H and O–H groups in total. The van der Waals surface area contributed by atoms with E-state index in [0.717, 1.165) is 0 Å². The highest BCUT2D eigenvalue weighted by Crippen LogP contribution is 2.53. The minimum atomic E-state index is -0.817. The highest BCUT2D eigenvalue weighted by atomic mass is 19.1. The summed E-state index contributed by atoms with van der Waals surface area (Å²) in [7, 11) is 1.70. The second kappa shape index (κ2) is 6.73. The molecule has 0 radical (unpaired) electrons. The minimum Gasteiger partial charge on any atom is -0.360 e. The number of carbonyl (C=O) groups is 2. The second-order valence-corrected chi connectivity index (χ2v) is 8.04. The molecule has 4 heterocycles. The maximum Gasteiger partial charge on any atom is 0.234 e. The number of amides is 2. The Morgan fingerprint density at radius 3 is 2.83 bits per heavy atom. The summed E-state index contributed by atoms with van der Waals surface area (Å²) < 4.78 is 24.4. The van der Waals surface area contributed by atoms with E-state index >= 15 is 0 Å². The summed E-state index contributed by atoms with van der Waals surface area (Å²) in [5, 5.41) is 3.85. The van der Waals surface area contributed by atoms with Crippen molar-refractivity contribution in [2.75, 3.05) is 25.0 Å². The van der Waals surface area contributed by atoms with Crippen LogP contribution in [-0.4, -0.2) is 58.7 Å². The van der Waals surface area contributed by atoms with Gasteiger partial charge < -0.3 is 19.1 Å². The van der Waals surface area contributed by atoms with Gasteiger partial charge in [-0.15, -0.1) is 0 Å². The van der Waals surface area contributed by atoms with Gasteiger partial charge in [-0.05, 0) is 24.3 Å². The minimum absolute atomic E-state index is 0.147. The van der Waals surface area contributed by atoms with Crippen LogP contribution in [0.2, 0.25) is 0 Å². The van der Waals surface area contributed by atoms with Crippen molar-refractivity contribution in [1.82, 2.24) is 15.0 Å². The number of aromatic nitrogens is 2. The number of halogens is 1. The lowest BCUT2D eigenvalue weighted by atomic mass is 9.76. The summed E-state index contributed by atoms with van der Waals surface area (Å²) in [5.74, 6) is -0.867. The molecule has 2 saturated heterocycles. The highest BCUT2D eigenvalue weighted by Gasteiger charge is 2.67. The average Bonchev–Trinajstić information content (AvgIpc) is 3.47. The van der Waals surface area contributed by atoms with Crippen LogP contribution in [0.1, 0.15) is 11.7 Å². The van der Waals surface area contributed by atoms with Crippen LogP contribution in [0.3, 0.4) is 0 Å². The van der Waals surface area contributed by atoms with Crippen LogP contribution >= 0.6 is 0 Å². The fourth-order valence-corrected chi connectivity index (χ4v) is 4.70. The Hall–Kier alpha value is -3.07. The van der Waals surface area contributed by atoms with Gasteiger partial charge in [-0.2, -0.15) is 4.98 Å². The third-order valence-corrected chi connectivity index (χ3v) is 6.14. The molecule has 2 unspecified atom stereocenters. The Labute approximate surface area is 172 Å². The van der Waals surface area contributed by atoms with Gasteiger partial charge in [0.05, 0.1) is 24.5 Å². The predicted molar refractivity (Wildman–Crippen MR) is 103 cm³/mol. The number of aryl methyl sites for hydroxylation is 1. The number of fused-ring (bicyclic) bond motifs is 1. The van der Waals surface area contributed by atoms with Gasteiger partial charge in [0.1, 0.15) is 11.4 Å². The maximum absolute atomic E-state index is 13.3. The SMILES string of the molecule is Cc1nc(CCN(C)C(=O)C2C3C(=O)N(c4ccc(F)cc4)C[C@]34C=C[C@H]2O4)no1. The molecule has 4 atom stereocenters. The van der Waals surface area contributed by atoms with Crippen molar-refractivity contribution < 1.29 is 23.2 Å². The molecule has 1 spiro atoms. The number of hydrogen-bond donors (Lipinski definition) is 0. The molecule has 2 bridgehead atoms. The van der Waals surface area contributed by atoms with Crippen molar-refractivity contribution in [3.8, 4) is 0 Å². The lowest BCUT2D eigenvalue weighted by Gasteiger charge is -2.27. The Bertz CT molecular complexity index is 1040. The first kappa shape index (κ1) is 18.9. The Balaban J connectivity index is 1.35. The van der Waals surface area contributed by atoms with Crippen molar-refractivity contribution in [2.45, 2.75) is 25.0 Å². The summed E-state index contributed by atoms with van der Waals surface area (Å²) >= 11 is 0. The third kappa shape index (κ3) is 2.84. The summed E-state index contributed by atoms with van der Waals surface area (Å²) in [6.45, 7) is 2.42. The zero-order valence-corrected chi connectivity index (χ0v) is 16.6. The standard InChI is InChI=1S/C21H21FN4O4/c1-12-23-16(24-30-12)8-10-25(2)19(27)17-15-7-9-21(29-15)11-26(20(28)18(17)21)14-5-3-13(22)4-6-14/h3-7,9,15,17-18H,8,10-11H2,1-2H3/t15-,17?,18?,21-/m1/s1. The number of nitrogens with zero attached hydrogens (tertiary/aromatic N) is 4. The Morgan fingerprint density at radius 2 is 2.13 bits per heavy atom. The number of likely N-dealkylation sites (N-methyl/N-ethyl adjacent to an activating group) is 1. The first-order chi connectivity index (χ1) is 14.4. The van der Waals surface area contributed by atoms with Crippen LogP contribution in [-0.2, 0) is 20.7 Å². The van der Waals surface area contributed by atoms with E-state index in [1.54, 1.807) is 35.9 Å². The fourth-order valence-electron chi connectivity index (χ4n) is 4.70. The molecule has 3 aliphatic heterocycles. The molecule has 30 heavy (non-hydrogen) atoms. The molecule has 2 aromatic rings. The lowest BCUT2D eigenvalue weighted by Crippen LogP contribution is -2.45. The van der Waals surface area contributed by atoms with Crippen molar-refractivity contribution in [2.24, 2.45) is 11.8 Å². The quantitative estimate of drug-likeness (QED) is 0.692. The van der Waals surface area contributed by atoms with Gasteiger partial charge >= 0.3 is 0 Å². The first-order valence-corrected chi connectivity index (χ1v) is 9.86. The van der Waals surface area contributed by atoms with Crippen LogP contribution in [0, 0.1) is 24.6 Å². The van der Waals surface area contributed by atoms with Crippen molar-refractivity contribution in [3.05, 3.63) is 53.9 Å². The smallest absolute Gasteiger partial charge is 0.234 e. The molecular weight excluding hydrogens is 391 g/mol. The number of hydrogen-bond acceptors (Lipinski definition) is 6. The largest absolute Gasteiger partial charge is 0.360 e. The number of anilines is 1. The summed E-state index contributed by atoms with van der Waals surface area (Å²) in [5.41, 5.74) is -0.222. The van der Waals surface area contributed by atoms with Gasteiger partial charge in [0, 0.05) is 32.6 Å². The molecule has 3 aliphatic rings. The topological polar surface area (TPSA) is 88.8 Å². The fraction of sp³-hybridized carbons (Fsp3) is 0.429. The molecule has 2 fully saturated rings. The van der Waals surface area contributed by atoms with E-state index in [4.69, 9.17) is 9.26 Å². The Kier molecular flexibility index (Phi) is 4.25. The molecule has 1 aromatic heterocycles. The van der Waals surface area contributed by atoms with E-state index in [0.29, 0.717) is 36.9 Å². The molecule has 5 rings (SSSR count). The maximum atomic E-state index is 13.3. The summed E-state index contributed by atoms with van der Waals surface area (Å²) in [4.78, 5) is 33.9. The zero-order valence-electron chi connectivity index (χ0n) is 16.6. The number of ether oxygens (including phenoxy) is 1. The highest BCUT2D eigenvalue weighted by molar-refractivity contribution is 6.03. The molecule has 8 nitrogen and oxygen atoms in total. The average molecular weight is 412 g/mol. The van der Waals surface area contributed by atoms with Gasteiger partial charge in [0.2, 0.25) is 17.7 Å². The summed E-state index contributed by atoms with van der Waals surface area (Å²) in [6.07, 6.45) is 3.81. The molecule has 2 amide bonds. The van der Waals surface area contributed by atoms with E-state index in [-0.39, 0.29) is 17.6 Å². The molecule has 9 heteroatoms. The Morgan fingerprint density at radius 1 is 1.37 bits per heavy atom. The molecular formula is C21H21FN4O4. The third-order valence-electron chi connectivity index (χ3n) is 6.14. The van der Waals surface area contributed by atoms with Gasteiger partial charge in [0.15, 0.2) is 5.82 Å². The van der Waals surface area contributed by atoms with E-state index in [1.807, 2.05) is 12.2 Å². The summed E-state index contributed by atoms with van der Waals surface area (Å²) in [6, 6.07) is 5.77. The van der Waals surface area contributed by atoms with E-state index in [1.165, 1.54) is 12.1 Å². The molecule has 0 aliphatic carbocycles. The van der Waals surface area contributed by atoms with Crippen LogP contribution in [0.15, 0.2) is 40.9 Å². The van der Waals surface area contributed by atoms with Crippen LogP contribution in [0.25, 0.3) is 0 Å². The number of rotatable bonds is 5. The molecule has 156 valence electrons. The van der Waals surface area contributed by atoms with Gasteiger partial charge in [-0.3, -0.25) is 9.59 Å². The van der Waals surface area contributed by atoms with E-state index in [2.05, 4.69) is 10.1 Å². The van der Waals surface area contributed by atoms with E-state index < -0.39 is 23.5 Å². The van der Waals surface area contributed by atoms with Gasteiger partial charge in [0.25, 0.3) is 0 Å². The van der Waals surface area contributed by atoms with Gasteiger partial charge in [-0.1, -0.05) is 17.3 Å². The predicted octanol–water partition coefficient (Wildman–Crippen LogP) is 1.50. The molecule has 0 saturated carbocycles. The van der Waals surface area contributed by atoms with Crippen molar-refractivity contribution in [3.63, 3.8) is 0 Å². The normalized spacial score (nSPS) is 29.0. The van der Waals surface area contributed by atoms with Crippen LogP contribution in [0.5, 0.6) is 0 Å². The molecule has 1 aromatic carbocycles. The van der Waals surface area contributed by atoms with Crippen molar-refractivity contribution in [1.29, 1.82) is 0 Å².